The van der Waals surface area contributed by atoms with Crippen molar-refractivity contribution in [3.05, 3.63) is 82.9 Å². The second kappa shape index (κ2) is 8.40. The molecule has 0 unspecified atom stereocenters. The summed E-state index contributed by atoms with van der Waals surface area (Å²) in [6.07, 6.45) is 4.78. The van der Waals surface area contributed by atoms with E-state index in [1.54, 1.807) is 35.1 Å². The van der Waals surface area contributed by atoms with Gasteiger partial charge in [0.1, 0.15) is 5.82 Å². The molecule has 2 heterocycles. The Labute approximate surface area is 205 Å². The predicted octanol–water partition coefficient (Wildman–Crippen LogP) is 4.32. The van der Waals surface area contributed by atoms with Crippen LogP contribution < -0.4 is 0 Å². The van der Waals surface area contributed by atoms with Gasteiger partial charge in [-0.1, -0.05) is 38.5 Å². The lowest BCUT2D eigenvalue weighted by Gasteiger charge is -2.45. The van der Waals surface area contributed by atoms with E-state index in [0.29, 0.717) is 19.4 Å². The molecule has 6 nitrogen and oxygen atoms in total. The lowest BCUT2D eigenvalue weighted by molar-refractivity contribution is 0.111. The van der Waals surface area contributed by atoms with Gasteiger partial charge in [-0.3, -0.25) is 0 Å². The third kappa shape index (κ3) is 4.13. The Hall–Kier alpha value is -2.81. The summed E-state index contributed by atoms with van der Waals surface area (Å²) in [6.45, 7) is 6.67. The maximum atomic E-state index is 13.5. The molecule has 0 radical (unpaired) electrons. The van der Waals surface area contributed by atoms with Crippen LogP contribution in [0.25, 0.3) is 11.8 Å². The van der Waals surface area contributed by atoms with Crippen LogP contribution in [0.4, 0.5) is 4.39 Å². The number of nitrogens with zero attached hydrogens (tertiary/aromatic N) is 3. The first-order valence-corrected chi connectivity index (χ1v) is 13.2. The Balaban J connectivity index is 1.45. The molecule has 2 aromatic carbocycles. The summed E-state index contributed by atoms with van der Waals surface area (Å²) in [5.41, 5.74) is 3.91. The molecule has 1 aliphatic heterocycles. The second-order valence-electron chi connectivity index (χ2n) is 10.6. The molecule has 1 atom stereocenters. The van der Waals surface area contributed by atoms with Crippen LogP contribution in [0.1, 0.15) is 44.0 Å². The summed E-state index contributed by atoms with van der Waals surface area (Å²) < 4.78 is 43.7. The van der Waals surface area contributed by atoms with Gasteiger partial charge in [-0.2, -0.15) is 9.40 Å². The first-order chi connectivity index (χ1) is 16.5. The molecule has 184 valence electrons. The SMILES string of the molecule is CC(C)(C)c1ccc(S(=O)(=O)N2CCC3=Cc4c(cnn4-c4ccc(F)cc4)C[C@]3(CO)C2)cc1. The van der Waals surface area contributed by atoms with Gasteiger partial charge in [0.25, 0.3) is 0 Å². The van der Waals surface area contributed by atoms with Crippen molar-refractivity contribution in [1.82, 2.24) is 14.1 Å². The number of rotatable bonds is 4. The van der Waals surface area contributed by atoms with E-state index >= 15 is 0 Å². The zero-order valence-corrected chi connectivity index (χ0v) is 21.0. The van der Waals surface area contributed by atoms with Crippen LogP contribution in [0.5, 0.6) is 0 Å². The van der Waals surface area contributed by atoms with Crippen molar-refractivity contribution in [3.8, 4) is 5.69 Å². The quantitative estimate of drug-likeness (QED) is 0.585. The maximum Gasteiger partial charge on any atom is 0.243 e. The average molecular weight is 496 g/mol. The van der Waals surface area contributed by atoms with E-state index in [2.05, 4.69) is 25.9 Å². The Morgan fingerprint density at radius 3 is 2.40 bits per heavy atom. The Kier molecular flexibility index (Phi) is 5.74. The summed E-state index contributed by atoms with van der Waals surface area (Å²) in [4.78, 5) is 0.270. The smallest absolute Gasteiger partial charge is 0.243 e. The molecule has 1 saturated heterocycles. The normalized spacial score (nSPS) is 20.8. The molecule has 8 heteroatoms. The largest absolute Gasteiger partial charge is 0.395 e. The van der Waals surface area contributed by atoms with Gasteiger partial charge in [0.05, 0.1) is 29.1 Å². The first-order valence-electron chi connectivity index (χ1n) is 11.8. The van der Waals surface area contributed by atoms with Crippen molar-refractivity contribution < 1.29 is 17.9 Å². The molecule has 1 aliphatic carbocycles. The van der Waals surface area contributed by atoms with Gasteiger partial charge in [0, 0.05) is 18.5 Å². The maximum absolute atomic E-state index is 13.5. The van der Waals surface area contributed by atoms with Crippen molar-refractivity contribution in [3.63, 3.8) is 0 Å². The van der Waals surface area contributed by atoms with Gasteiger partial charge in [0.15, 0.2) is 0 Å². The summed E-state index contributed by atoms with van der Waals surface area (Å²) in [7, 11) is -3.70. The Morgan fingerprint density at radius 2 is 1.77 bits per heavy atom. The van der Waals surface area contributed by atoms with Gasteiger partial charge in [-0.15, -0.1) is 0 Å². The number of aliphatic hydroxyl groups is 1. The molecule has 5 rings (SSSR count). The zero-order valence-electron chi connectivity index (χ0n) is 20.2. The van der Waals surface area contributed by atoms with Gasteiger partial charge in [-0.05, 0) is 71.9 Å². The van der Waals surface area contributed by atoms with Gasteiger partial charge in [0.2, 0.25) is 10.0 Å². The third-order valence-corrected chi connectivity index (χ3v) is 9.11. The standard InChI is InChI=1S/C27H30FN3O3S/c1-26(2,3)20-4-10-24(11-5-20)35(33,34)30-13-12-21-14-25-19(15-27(21,17-30)18-32)16-29-31(25)23-8-6-22(28)7-9-23/h4-11,14,16,32H,12-13,15,17-18H2,1-3H3/t27-/m1/s1. The lowest BCUT2D eigenvalue weighted by Crippen LogP contribution is -2.51. The highest BCUT2D eigenvalue weighted by atomic mass is 32.2. The third-order valence-electron chi connectivity index (χ3n) is 7.25. The van der Waals surface area contributed by atoms with Gasteiger partial charge < -0.3 is 5.11 Å². The number of aromatic nitrogens is 2. The van der Waals surface area contributed by atoms with Crippen LogP contribution in [-0.2, 0) is 21.9 Å². The van der Waals surface area contributed by atoms with Crippen LogP contribution in [-0.4, -0.2) is 47.3 Å². The van der Waals surface area contributed by atoms with E-state index in [0.717, 1.165) is 28.1 Å². The molecule has 0 saturated carbocycles. The molecule has 3 aromatic rings. The van der Waals surface area contributed by atoms with E-state index in [4.69, 9.17) is 0 Å². The number of benzene rings is 2. The van der Waals surface area contributed by atoms with E-state index in [1.165, 1.54) is 16.4 Å². The Morgan fingerprint density at radius 1 is 1.09 bits per heavy atom. The number of sulfonamides is 1. The molecule has 2 aliphatic rings. The summed E-state index contributed by atoms with van der Waals surface area (Å²) in [5.74, 6) is -0.311. The van der Waals surface area contributed by atoms with Crippen LogP contribution in [0.15, 0.2) is 65.2 Å². The number of hydrogen-bond donors (Lipinski definition) is 1. The van der Waals surface area contributed by atoms with Crippen molar-refractivity contribution in [1.29, 1.82) is 0 Å². The number of fused-ring (bicyclic) bond motifs is 2. The minimum Gasteiger partial charge on any atom is -0.395 e. The van der Waals surface area contributed by atoms with Crippen molar-refractivity contribution in [2.45, 2.75) is 43.9 Å². The first kappa shape index (κ1) is 23.9. The minimum absolute atomic E-state index is 0.0633. The molecule has 35 heavy (non-hydrogen) atoms. The monoisotopic (exact) mass is 495 g/mol. The van der Waals surface area contributed by atoms with Gasteiger partial charge >= 0.3 is 0 Å². The topological polar surface area (TPSA) is 75.4 Å². The molecular weight excluding hydrogens is 465 g/mol. The van der Waals surface area contributed by atoms with Crippen LogP contribution in [0.2, 0.25) is 0 Å². The summed E-state index contributed by atoms with van der Waals surface area (Å²) in [6, 6.07) is 13.3. The number of hydrogen-bond acceptors (Lipinski definition) is 4. The van der Waals surface area contributed by atoms with Crippen molar-refractivity contribution in [2.24, 2.45) is 5.41 Å². The lowest BCUT2D eigenvalue weighted by atomic mass is 9.69. The fourth-order valence-electron chi connectivity index (χ4n) is 5.11. The highest BCUT2D eigenvalue weighted by Gasteiger charge is 2.45. The number of piperidine rings is 1. The predicted molar refractivity (Wildman–Crippen MR) is 133 cm³/mol. The highest BCUT2D eigenvalue weighted by molar-refractivity contribution is 7.89. The molecule has 1 aromatic heterocycles. The fourth-order valence-corrected chi connectivity index (χ4v) is 6.64. The van der Waals surface area contributed by atoms with Crippen molar-refractivity contribution >= 4 is 16.1 Å². The molecule has 0 bridgehead atoms. The molecule has 1 fully saturated rings. The summed E-state index contributed by atoms with van der Waals surface area (Å²) >= 11 is 0. The minimum atomic E-state index is -3.70. The summed E-state index contributed by atoms with van der Waals surface area (Å²) in [5, 5.41) is 15.0. The van der Waals surface area contributed by atoms with Crippen LogP contribution >= 0.6 is 0 Å². The number of halogens is 1. The average Bonchev–Trinajstić information content (AvgIpc) is 3.24. The molecule has 0 amide bonds. The van der Waals surface area contributed by atoms with Gasteiger partial charge in [-0.25, -0.2) is 17.5 Å². The second-order valence-corrected chi connectivity index (χ2v) is 12.5. The van der Waals surface area contributed by atoms with Crippen LogP contribution in [0.3, 0.4) is 0 Å². The molecule has 0 spiro atoms. The molecular formula is C27H30FN3O3S. The van der Waals surface area contributed by atoms with E-state index < -0.39 is 15.4 Å². The van der Waals surface area contributed by atoms with Crippen molar-refractivity contribution in [2.75, 3.05) is 19.7 Å². The fraction of sp³-hybridized carbons (Fsp3) is 0.370. The molecule has 1 N–H and O–H groups in total. The van der Waals surface area contributed by atoms with E-state index in [-0.39, 0.29) is 29.3 Å². The number of aliphatic hydroxyl groups excluding tert-OH is 1. The highest BCUT2D eigenvalue weighted by Crippen LogP contribution is 2.45. The Bertz CT molecular complexity index is 1390. The van der Waals surface area contributed by atoms with Crippen LogP contribution in [0, 0.1) is 11.2 Å². The van der Waals surface area contributed by atoms with E-state index in [9.17, 15) is 17.9 Å². The zero-order chi connectivity index (χ0) is 25.0. The van der Waals surface area contributed by atoms with E-state index in [1.807, 2.05) is 18.2 Å².